The van der Waals surface area contributed by atoms with Gasteiger partial charge in [0.25, 0.3) is 0 Å². The van der Waals surface area contributed by atoms with Gasteiger partial charge in [0.15, 0.2) is 0 Å². The zero-order valence-corrected chi connectivity index (χ0v) is 13.7. The zero-order chi connectivity index (χ0) is 15.0. The van der Waals surface area contributed by atoms with Crippen molar-refractivity contribution in [2.45, 2.75) is 45.6 Å². The molecule has 1 unspecified atom stereocenters. The summed E-state index contributed by atoms with van der Waals surface area (Å²) in [5.41, 5.74) is 6.55. The molecule has 1 fully saturated rings. The van der Waals surface area contributed by atoms with E-state index in [0.717, 1.165) is 30.2 Å². The van der Waals surface area contributed by atoms with E-state index < -0.39 is 6.10 Å². The third kappa shape index (κ3) is 3.07. The third-order valence-electron chi connectivity index (χ3n) is 4.84. The summed E-state index contributed by atoms with van der Waals surface area (Å²) in [5, 5.41) is 10.8. The summed E-state index contributed by atoms with van der Waals surface area (Å²) in [5.74, 6) is -0.328. The summed E-state index contributed by atoms with van der Waals surface area (Å²) in [6.45, 7) is 4.92. The largest absolute Gasteiger partial charge is 0.388 e. The predicted octanol–water partition coefficient (Wildman–Crippen LogP) is 4.17. The van der Waals surface area contributed by atoms with Crippen molar-refractivity contribution in [3.05, 3.63) is 34.1 Å². The highest BCUT2D eigenvalue weighted by molar-refractivity contribution is 9.10. The highest BCUT2D eigenvalue weighted by Gasteiger charge is 2.43. The van der Waals surface area contributed by atoms with Crippen molar-refractivity contribution in [1.29, 1.82) is 0 Å². The van der Waals surface area contributed by atoms with E-state index in [1.165, 1.54) is 12.1 Å². The maximum absolute atomic E-state index is 13.5. The molecule has 112 valence electrons. The monoisotopic (exact) mass is 343 g/mol. The van der Waals surface area contributed by atoms with E-state index >= 15 is 0 Å². The molecule has 1 atom stereocenters. The Morgan fingerprint density at radius 3 is 2.45 bits per heavy atom. The highest BCUT2D eigenvalue weighted by atomic mass is 79.9. The zero-order valence-electron chi connectivity index (χ0n) is 12.1. The Balaban J connectivity index is 2.30. The Bertz CT molecular complexity index is 479. The Labute approximate surface area is 128 Å². The number of benzene rings is 1. The van der Waals surface area contributed by atoms with Gasteiger partial charge < -0.3 is 10.8 Å². The minimum absolute atomic E-state index is 0.303. The maximum Gasteiger partial charge on any atom is 0.123 e. The summed E-state index contributed by atoms with van der Waals surface area (Å²) in [7, 11) is 0. The molecule has 1 aliphatic carbocycles. The summed E-state index contributed by atoms with van der Waals surface area (Å²) in [6.07, 6.45) is 3.09. The standard InChI is InChI=1S/C16H23BrFNO/c1-15(2)5-7-16(10-19,8-6-15)14(20)12-9-11(18)3-4-13(12)17/h3-4,9,14,20H,5-8,10,19H2,1-2H3. The van der Waals surface area contributed by atoms with Gasteiger partial charge in [0.1, 0.15) is 5.82 Å². The molecular formula is C16H23BrFNO. The first-order valence-electron chi connectivity index (χ1n) is 7.13. The van der Waals surface area contributed by atoms with Crippen LogP contribution in [-0.4, -0.2) is 11.7 Å². The van der Waals surface area contributed by atoms with Crippen LogP contribution in [0, 0.1) is 16.6 Å². The molecule has 0 bridgehead atoms. The number of aliphatic hydroxyl groups excluding tert-OH is 1. The van der Waals surface area contributed by atoms with Crippen LogP contribution < -0.4 is 5.73 Å². The van der Waals surface area contributed by atoms with Crippen molar-refractivity contribution < 1.29 is 9.50 Å². The van der Waals surface area contributed by atoms with Crippen LogP contribution in [0.5, 0.6) is 0 Å². The summed E-state index contributed by atoms with van der Waals surface area (Å²) < 4.78 is 14.2. The van der Waals surface area contributed by atoms with Crippen LogP contribution in [0.25, 0.3) is 0 Å². The van der Waals surface area contributed by atoms with Crippen LogP contribution in [0.4, 0.5) is 4.39 Å². The van der Waals surface area contributed by atoms with E-state index in [2.05, 4.69) is 29.8 Å². The Kier molecular flexibility index (Phi) is 4.57. The van der Waals surface area contributed by atoms with Crippen molar-refractivity contribution in [3.8, 4) is 0 Å². The van der Waals surface area contributed by atoms with Gasteiger partial charge in [-0.15, -0.1) is 0 Å². The first-order chi connectivity index (χ1) is 9.30. The first-order valence-corrected chi connectivity index (χ1v) is 7.92. The molecule has 0 heterocycles. The lowest BCUT2D eigenvalue weighted by atomic mass is 9.62. The molecule has 20 heavy (non-hydrogen) atoms. The number of rotatable bonds is 3. The summed E-state index contributed by atoms with van der Waals surface area (Å²) in [4.78, 5) is 0. The fourth-order valence-corrected chi connectivity index (χ4v) is 3.53. The van der Waals surface area contributed by atoms with Crippen LogP contribution in [-0.2, 0) is 0 Å². The van der Waals surface area contributed by atoms with E-state index in [9.17, 15) is 9.50 Å². The molecule has 0 aliphatic heterocycles. The van der Waals surface area contributed by atoms with Gasteiger partial charge in [0, 0.05) is 16.4 Å². The van der Waals surface area contributed by atoms with Gasteiger partial charge in [-0.1, -0.05) is 29.8 Å². The van der Waals surface area contributed by atoms with Gasteiger partial charge in [-0.25, -0.2) is 4.39 Å². The van der Waals surface area contributed by atoms with Gasteiger partial charge >= 0.3 is 0 Å². The third-order valence-corrected chi connectivity index (χ3v) is 5.56. The number of hydrogen-bond donors (Lipinski definition) is 2. The molecule has 1 aliphatic rings. The second kappa shape index (κ2) is 5.74. The summed E-state index contributed by atoms with van der Waals surface area (Å²) >= 11 is 3.41. The molecule has 0 saturated heterocycles. The molecule has 0 spiro atoms. The van der Waals surface area contributed by atoms with E-state index in [-0.39, 0.29) is 11.2 Å². The van der Waals surface area contributed by atoms with Crippen molar-refractivity contribution in [2.75, 3.05) is 6.54 Å². The topological polar surface area (TPSA) is 46.2 Å². The number of nitrogens with two attached hydrogens (primary N) is 1. The maximum atomic E-state index is 13.5. The second-order valence-corrected chi connectivity index (χ2v) is 7.65. The normalized spacial score (nSPS) is 22.5. The molecule has 2 rings (SSSR count). The van der Waals surface area contributed by atoms with Gasteiger partial charge in [0.2, 0.25) is 0 Å². The average molecular weight is 344 g/mol. The Hall–Kier alpha value is -0.450. The minimum atomic E-state index is -0.728. The van der Waals surface area contributed by atoms with Gasteiger partial charge in [-0.05, 0) is 54.9 Å². The van der Waals surface area contributed by atoms with Crippen LogP contribution in [0.2, 0.25) is 0 Å². The van der Waals surface area contributed by atoms with E-state index in [1.807, 2.05) is 0 Å². The van der Waals surface area contributed by atoms with Crippen molar-refractivity contribution >= 4 is 15.9 Å². The van der Waals surface area contributed by atoms with Crippen LogP contribution >= 0.6 is 15.9 Å². The molecule has 3 N–H and O–H groups in total. The molecule has 4 heteroatoms. The van der Waals surface area contributed by atoms with Crippen LogP contribution in [0.1, 0.15) is 51.2 Å². The Morgan fingerprint density at radius 1 is 1.30 bits per heavy atom. The van der Waals surface area contributed by atoms with Gasteiger partial charge in [-0.3, -0.25) is 0 Å². The molecule has 1 saturated carbocycles. The minimum Gasteiger partial charge on any atom is -0.388 e. The van der Waals surface area contributed by atoms with Crippen molar-refractivity contribution in [1.82, 2.24) is 0 Å². The van der Waals surface area contributed by atoms with Crippen molar-refractivity contribution in [2.24, 2.45) is 16.6 Å². The van der Waals surface area contributed by atoms with E-state index in [1.54, 1.807) is 6.07 Å². The molecular weight excluding hydrogens is 321 g/mol. The number of hydrogen-bond acceptors (Lipinski definition) is 2. The number of halogens is 2. The SMILES string of the molecule is CC1(C)CCC(CN)(C(O)c2cc(F)ccc2Br)CC1. The molecule has 1 aromatic carbocycles. The summed E-state index contributed by atoms with van der Waals surface area (Å²) in [6, 6.07) is 4.44. The molecule has 0 radical (unpaired) electrons. The predicted molar refractivity (Wildman–Crippen MR) is 82.8 cm³/mol. The molecule has 0 amide bonds. The lowest BCUT2D eigenvalue weighted by Crippen LogP contribution is -2.42. The quantitative estimate of drug-likeness (QED) is 0.865. The van der Waals surface area contributed by atoms with Gasteiger partial charge in [0.05, 0.1) is 6.10 Å². The average Bonchev–Trinajstić information content (AvgIpc) is 2.41. The first kappa shape index (κ1) is 15.9. The fourth-order valence-electron chi connectivity index (χ4n) is 3.07. The van der Waals surface area contributed by atoms with Crippen LogP contribution in [0.15, 0.2) is 22.7 Å². The van der Waals surface area contributed by atoms with E-state index in [0.29, 0.717) is 17.5 Å². The molecule has 1 aromatic rings. The van der Waals surface area contributed by atoms with Crippen LogP contribution in [0.3, 0.4) is 0 Å². The highest BCUT2D eigenvalue weighted by Crippen LogP contribution is 2.51. The Morgan fingerprint density at radius 2 is 1.90 bits per heavy atom. The van der Waals surface area contributed by atoms with E-state index in [4.69, 9.17) is 5.73 Å². The fraction of sp³-hybridized carbons (Fsp3) is 0.625. The molecule has 0 aromatic heterocycles. The van der Waals surface area contributed by atoms with Gasteiger partial charge in [-0.2, -0.15) is 0 Å². The second-order valence-electron chi connectivity index (χ2n) is 6.80. The lowest BCUT2D eigenvalue weighted by Gasteiger charge is -2.46. The lowest BCUT2D eigenvalue weighted by molar-refractivity contribution is -0.0240. The number of aliphatic hydroxyl groups is 1. The van der Waals surface area contributed by atoms with Crippen molar-refractivity contribution in [3.63, 3.8) is 0 Å². The molecule has 2 nitrogen and oxygen atoms in total. The smallest absolute Gasteiger partial charge is 0.123 e.